The maximum Gasteiger partial charge on any atom is 0.237 e. The number of carbonyl (C=O) groups is 1. The fourth-order valence-corrected chi connectivity index (χ4v) is 4.15. The highest BCUT2D eigenvalue weighted by molar-refractivity contribution is 6.30. The molecule has 1 aliphatic rings. The highest BCUT2D eigenvalue weighted by Crippen LogP contribution is 2.39. The van der Waals surface area contributed by atoms with E-state index in [4.69, 9.17) is 22.3 Å². The molecular weight excluding hydrogens is 424 g/mol. The van der Waals surface area contributed by atoms with Crippen molar-refractivity contribution < 1.29 is 13.6 Å². The van der Waals surface area contributed by atoms with Crippen LogP contribution in [0.4, 0.5) is 20.3 Å². The van der Waals surface area contributed by atoms with Crippen LogP contribution in [0.1, 0.15) is 19.7 Å². The second-order valence-electron chi connectivity index (χ2n) is 7.86. The molecule has 0 fully saturated rings. The number of amides is 1. The molecule has 2 aromatic carbocycles. The van der Waals surface area contributed by atoms with Crippen LogP contribution >= 0.6 is 11.6 Å². The minimum atomic E-state index is -0.962. The van der Waals surface area contributed by atoms with Crippen LogP contribution in [-0.4, -0.2) is 33.4 Å². The van der Waals surface area contributed by atoms with E-state index in [1.165, 1.54) is 6.07 Å². The summed E-state index contributed by atoms with van der Waals surface area (Å²) >= 11 is 6.13. The number of fused-ring (bicyclic) bond motifs is 1. The summed E-state index contributed by atoms with van der Waals surface area (Å²) in [6.07, 6.45) is 0. The van der Waals surface area contributed by atoms with Gasteiger partial charge in [0.2, 0.25) is 5.91 Å². The molecule has 1 aliphatic heterocycles. The van der Waals surface area contributed by atoms with E-state index in [2.05, 4.69) is 5.32 Å². The molecule has 0 bridgehead atoms. The van der Waals surface area contributed by atoms with Crippen LogP contribution in [0.25, 0.3) is 11.3 Å². The molecule has 0 saturated carbocycles. The number of rotatable bonds is 4. The minimum absolute atomic E-state index is 0.103. The predicted octanol–water partition coefficient (Wildman–Crippen LogP) is 4.26. The zero-order chi connectivity index (χ0) is 22.3. The van der Waals surface area contributed by atoms with Gasteiger partial charge in [0.25, 0.3) is 0 Å². The van der Waals surface area contributed by atoms with Gasteiger partial charge in [-0.2, -0.15) is 0 Å². The van der Waals surface area contributed by atoms with Crippen LogP contribution in [0, 0.1) is 11.6 Å². The lowest BCUT2D eigenvalue weighted by Crippen LogP contribution is -2.53. The number of hydrogen-bond donors (Lipinski definition) is 2. The Morgan fingerprint density at radius 2 is 1.97 bits per heavy atom. The zero-order valence-electron chi connectivity index (χ0n) is 17.1. The Balaban J connectivity index is 1.89. The van der Waals surface area contributed by atoms with Gasteiger partial charge >= 0.3 is 0 Å². The maximum atomic E-state index is 14.0. The first-order valence-electron chi connectivity index (χ1n) is 9.82. The summed E-state index contributed by atoms with van der Waals surface area (Å²) in [6, 6.07) is 10.8. The summed E-state index contributed by atoms with van der Waals surface area (Å²) in [5, 5.41) is 3.88. The summed E-state index contributed by atoms with van der Waals surface area (Å²) < 4.78 is 29.5. The highest BCUT2D eigenvalue weighted by Gasteiger charge is 2.41. The van der Waals surface area contributed by atoms with Crippen LogP contribution in [0.3, 0.4) is 0 Å². The van der Waals surface area contributed by atoms with E-state index in [9.17, 15) is 13.6 Å². The molecule has 6 nitrogen and oxygen atoms in total. The Morgan fingerprint density at radius 1 is 1.19 bits per heavy atom. The molecule has 3 N–H and O–H groups in total. The van der Waals surface area contributed by atoms with E-state index in [0.717, 1.165) is 17.8 Å². The lowest BCUT2D eigenvalue weighted by Gasteiger charge is -2.42. The third-order valence-corrected chi connectivity index (χ3v) is 5.73. The van der Waals surface area contributed by atoms with Crippen LogP contribution < -0.4 is 11.1 Å². The number of hydrogen-bond acceptors (Lipinski definition) is 4. The average molecular weight is 446 g/mol. The van der Waals surface area contributed by atoms with Gasteiger partial charge in [0, 0.05) is 29.4 Å². The largest absolute Gasteiger partial charge is 0.340 e. The molecule has 1 amide bonds. The molecule has 0 atom stereocenters. The third kappa shape index (κ3) is 3.77. The predicted molar refractivity (Wildman–Crippen MR) is 116 cm³/mol. The van der Waals surface area contributed by atoms with Crippen molar-refractivity contribution >= 4 is 29.0 Å². The monoisotopic (exact) mass is 445 g/mol. The molecule has 0 aliphatic carbocycles. The van der Waals surface area contributed by atoms with Crippen LogP contribution in [0.2, 0.25) is 5.02 Å². The summed E-state index contributed by atoms with van der Waals surface area (Å²) in [5.41, 5.74) is 6.43. The number of nitrogens with one attached hydrogen (secondary N) is 1. The number of halogens is 3. The SMILES string of the molecule is CC1(C)c2nc(-c3ccc(F)c(F)c3)c(Nc3cccc(Cl)c3)n2CCN1C(=O)CN. The van der Waals surface area contributed by atoms with Crippen LogP contribution in [-0.2, 0) is 16.9 Å². The molecule has 9 heteroatoms. The average Bonchev–Trinajstić information content (AvgIpc) is 3.09. The van der Waals surface area contributed by atoms with E-state index >= 15 is 0 Å². The second-order valence-corrected chi connectivity index (χ2v) is 8.29. The summed E-state index contributed by atoms with van der Waals surface area (Å²) in [5.74, 6) is -0.854. The van der Waals surface area contributed by atoms with E-state index in [1.54, 1.807) is 23.1 Å². The molecule has 3 aromatic rings. The van der Waals surface area contributed by atoms with Gasteiger partial charge < -0.3 is 20.5 Å². The second kappa shape index (κ2) is 7.94. The first-order valence-corrected chi connectivity index (χ1v) is 10.2. The smallest absolute Gasteiger partial charge is 0.237 e. The Morgan fingerprint density at radius 3 is 2.65 bits per heavy atom. The fraction of sp³-hybridized carbons (Fsp3) is 0.273. The quantitative estimate of drug-likeness (QED) is 0.629. The molecule has 31 heavy (non-hydrogen) atoms. The number of aromatic nitrogens is 2. The Hall–Kier alpha value is -2.97. The minimum Gasteiger partial charge on any atom is -0.340 e. The fourth-order valence-electron chi connectivity index (χ4n) is 3.96. The van der Waals surface area contributed by atoms with Crippen molar-refractivity contribution in [2.24, 2.45) is 5.73 Å². The van der Waals surface area contributed by atoms with E-state index in [1.807, 2.05) is 24.5 Å². The Labute approximate surface area is 183 Å². The van der Waals surface area contributed by atoms with E-state index in [0.29, 0.717) is 41.0 Å². The molecule has 0 spiro atoms. The molecular formula is C22H22ClF2N5O. The van der Waals surface area contributed by atoms with Gasteiger partial charge in [0.1, 0.15) is 17.3 Å². The van der Waals surface area contributed by atoms with Gasteiger partial charge in [-0.1, -0.05) is 17.7 Å². The summed E-state index contributed by atoms with van der Waals surface area (Å²) in [4.78, 5) is 18.9. The van der Waals surface area contributed by atoms with Crippen molar-refractivity contribution in [3.05, 3.63) is 64.9 Å². The molecule has 1 aromatic heterocycles. The van der Waals surface area contributed by atoms with Crippen molar-refractivity contribution in [1.82, 2.24) is 14.5 Å². The van der Waals surface area contributed by atoms with Crippen molar-refractivity contribution in [2.75, 3.05) is 18.4 Å². The third-order valence-electron chi connectivity index (χ3n) is 5.49. The topological polar surface area (TPSA) is 76.2 Å². The van der Waals surface area contributed by atoms with Gasteiger partial charge in [-0.05, 0) is 50.2 Å². The zero-order valence-corrected chi connectivity index (χ0v) is 17.9. The Bertz CT molecular complexity index is 1160. The summed E-state index contributed by atoms with van der Waals surface area (Å²) in [6.45, 7) is 4.57. The molecule has 4 rings (SSSR count). The number of carbonyl (C=O) groups excluding carboxylic acids is 1. The lowest BCUT2D eigenvalue weighted by molar-refractivity contribution is -0.137. The molecule has 0 saturated heterocycles. The molecule has 2 heterocycles. The van der Waals surface area contributed by atoms with Gasteiger partial charge in [0.15, 0.2) is 11.6 Å². The maximum absolute atomic E-state index is 14.0. The number of anilines is 2. The number of imidazole rings is 1. The van der Waals surface area contributed by atoms with Gasteiger partial charge in [-0.3, -0.25) is 4.79 Å². The van der Waals surface area contributed by atoms with E-state index in [-0.39, 0.29) is 12.5 Å². The number of benzene rings is 2. The molecule has 162 valence electrons. The first-order chi connectivity index (χ1) is 14.7. The number of nitrogens with zero attached hydrogens (tertiary/aromatic N) is 3. The first kappa shape index (κ1) is 21.3. The lowest BCUT2D eigenvalue weighted by atomic mass is 9.99. The summed E-state index contributed by atoms with van der Waals surface area (Å²) in [7, 11) is 0. The molecule has 0 unspecified atom stereocenters. The van der Waals surface area contributed by atoms with Gasteiger partial charge in [0.05, 0.1) is 12.1 Å². The van der Waals surface area contributed by atoms with Crippen molar-refractivity contribution in [3.8, 4) is 11.3 Å². The highest BCUT2D eigenvalue weighted by atomic mass is 35.5. The van der Waals surface area contributed by atoms with Crippen LogP contribution in [0.15, 0.2) is 42.5 Å². The normalized spacial score (nSPS) is 15.0. The van der Waals surface area contributed by atoms with Gasteiger partial charge in [-0.15, -0.1) is 0 Å². The number of nitrogens with two attached hydrogens (primary N) is 1. The van der Waals surface area contributed by atoms with Crippen LogP contribution in [0.5, 0.6) is 0 Å². The van der Waals surface area contributed by atoms with Crippen molar-refractivity contribution in [3.63, 3.8) is 0 Å². The van der Waals surface area contributed by atoms with Crippen molar-refractivity contribution in [1.29, 1.82) is 0 Å². The standard InChI is InChI=1S/C22H22ClF2N5O/c1-22(2)21-28-19(13-6-7-16(24)17(25)10-13)20(27-15-5-3-4-14(23)11-15)29(21)8-9-30(22)18(31)12-26/h3-7,10-11,27H,8-9,12,26H2,1-2H3. The molecule has 0 radical (unpaired) electrons. The Kier molecular flexibility index (Phi) is 5.45. The van der Waals surface area contributed by atoms with E-state index < -0.39 is 17.2 Å². The van der Waals surface area contributed by atoms with Gasteiger partial charge in [-0.25, -0.2) is 13.8 Å². The van der Waals surface area contributed by atoms with Crippen molar-refractivity contribution in [2.45, 2.75) is 25.9 Å².